The lowest BCUT2D eigenvalue weighted by atomic mass is 10.1. The molecule has 0 heterocycles. The standard InChI is InChI=1S/C13H22O2/c1-5-7-8-9-10-15-13(14)12(4)11(3)6-2/h6H,4-5,7-10H2,1-3H3. The van der Waals surface area contributed by atoms with Crippen molar-refractivity contribution < 1.29 is 9.53 Å². The topological polar surface area (TPSA) is 26.3 Å². The van der Waals surface area contributed by atoms with Crippen molar-refractivity contribution >= 4 is 5.97 Å². The first-order valence-corrected chi connectivity index (χ1v) is 5.62. The fourth-order valence-electron chi connectivity index (χ4n) is 1.12. The Morgan fingerprint density at radius 2 is 2.00 bits per heavy atom. The Morgan fingerprint density at radius 3 is 2.53 bits per heavy atom. The largest absolute Gasteiger partial charge is 0.462 e. The van der Waals surface area contributed by atoms with E-state index in [1.54, 1.807) is 0 Å². The minimum atomic E-state index is -0.290. The van der Waals surface area contributed by atoms with Gasteiger partial charge >= 0.3 is 5.97 Å². The van der Waals surface area contributed by atoms with Crippen molar-refractivity contribution in [2.45, 2.75) is 46.5 Å². The van der Waals surface area contributed by atoms with Crippen LogP contribution < -0.4 is 0 Å². The third-order valence-electron chi connectivity index (χ3n) is 2.39. The van der Waals surface area contributed by atoms with E-state index in [0.29, 0.717) is 12.2 Å². The monoisotopic (exact) mass is 210 g/mol. The first-order chi connectivity index (χ1) is 7.13. The van der Waals surface area contributed by atoms with E-state index < -0.39 is 0 Å². The van der Waals surface area contributed by atoms with E-state index in [1.165, 1.54) is 12.8 Å². The lowest BCUT2D eigenvalue weighted by molar-refractivity contribution is -0.138. The Bertz CT molecular complexity index is 239. The minimum absolute atomic E-state index is 0.290. The lowest BCUT2D eigenvalue weighted by Crippen LogP contribution is -2.09. The molecule has 0 saturated heterocycles. The molecule has 0 aromatic rings. The highest BCUT2D eigenvalue weighted by Gasteiger charge is 2.08. The summed E-state index contributed by atoms with van der Waals surface area (Å²) in [6.45, 7) is 10.1. The number of allylic oxidation sites excluding steroid dienone is 1. The van der Waals surface area contributed by atoms with Crippen LogP contribution in [0.15, 0.2) is 23.8 Å². The molecule has 0 aromatic carbocycles. The number of esters is 1. The molecule has 2 heteroatoms. The summed E-state index contributed by atoms with van der Waals surface area (Å²) in [5, 5.41) is 0. The van der Waals surface area contributed by atoms with Crippen molar-refractivity contribution in [1.29, 1.82) is 0 Å². The molecule has 0 atom stereocenters. The van der Waals surface area contributed by atoms with Crippen molar-refractivity contribution in [1.82, 2.24) is 0 Å². The zero-order valence-electron chi connectivity index (χ0n) is 10.1. The van der Waals surface area contributed by atoms with Crippen LogP contribution in [0.2, 0.25) is 0 Å². The molecule has 0 radical (unpaired) electrons. The summed E-state index contributed by atoms with van der Waals surface area (Å²) in [5.41, 5.74) is 1.35. The van der Waals surface area contributed by atoms with Gasteiger partial charge in [0.2, 0.25) is 0 Å². The van der Waals surface area contributed by atoms with Crippen LogP contribution in [0.3, 0.4) is 0 Å². The molecule has 0 unspecified atom stereocenters. The molecule has 0 aromatic heterocycles. The fraction of sp³-hybridized carbons (Fsp3) is 0.615. The highest BCUT2D eigenvalue weighted by Crippen LogP contribution is 2.09. The van der Waals surface area contributed by atoms with E-state index in [-0.39, 0.29) is 5.97 Å². The number of hydrogen-bond acceptors (Lipinski definition) is 2. The number of ether oxygens (including phenoxy) is 1. The second kappa shape index (κ2) is 8.27. The minimum Gasteiger partial charge on any atom is -0.462 e. The SMILES string of the molecule is C=C(C(=O)OCCCCCC)C(C)=CC. The second-order valence-electron chi connectivity index (χ2n) is 3.65. The Labute approximate surface area is 93.0 Å². The maximum Gasteiger partial charge on any atom is 0.337 e. The van der Waals surface area contributed by atoms with Gasteiger partial charge in [-0.05, 0) is 25.8 Å². The van der Waals surface area contributed by atoms with Crippen LogP contribution in [0.1, 0.15) is 46.5 Å². The summed E-state index contributed by atoms with van der Waals surface area (Å²) in [6.07, 6.45) is 6.33. The van der Waals surface area contributed by atoms with E-state index in [4.69, 9.17) is 4.74 Å². The molecule has 0 rings (SSSR count). The molecule has 15 heavy (non-hydrogen) atoms. The normalized spacial score (nSPS) is 11.3. The molecule has 0 saturated carbocycles. The highest BCUT2D eigenvalue weighted by molar-refractivity contribution is 5.92. The van der Waals surface area contributed by atoms with Crippen LogP contribution in [0.4, 0.5) is 0 Å². The van der Waals surface area contributed by atoms with Gasteiger partial charge in [-0.1, -0.05) is 38.8 Å². The molecule has 0 bridgehead atoms. The number of unbranched alkanes of at least 4 members (excludes halogenated alkanes) is 3. The molecule has 0 spiro atoms. The van der Waals surface area contributed by atoms with E-state index in [1.807, 2.05) is 19.9 Å². The van der Waals surface area contributed by atoms with Gasteiger partial charge in [-0.3, -0.25) is 0 Å². The first kappa shape index (κ1) is 13.9. The van der Waals surface area contributed by atoms with E-state index in [0.717, 1.165) is 18.4 Å². The predicted octanol–water partition coefficient (Wildman–Crippen LogP) is 3.63. The maximum absolute atomic E-state index is 11.4. The van der Waals surface area contributed by atoms with E-state index in [9.17, 15) is 4.79 Å². The van der Waals surface area contributed by atoms with Gasteiger partial charge in [0, 0.05) is 0 Å². The number of hydrogen-bond donors (Lipinski definition) is 0. The third kappa shape index (κ3) is 6.10. The Hall–Kier alpha value is -1.05. The predicted molar refractivity (Wildman–Crippen MR) is 63.7 cm³/mol. The van der Waals surface area contributed by atoms with Crippen molar-refractivity contribution in [2.75, 3.05) is 6.61 Å². The zero-order valence-corrected chi connectivity index (χ0v) is 10.1. The van der Waals surface area contributed by atoms with Gasteiger partial charge in [-0.2, -0.15) is 0 Å². The third-order valence-corrected chi connectivity index (χ3v) is 2.39. The van der Waals surface area contributed by atoms with Gasteiger partial charge in [-0.15, -0.1) is 0 Å². The average molecular weight is 210 g/mol. The Morgan fingerprint density at radius 1 is 1.33 bits per heavy atom. The van der Waals surface area contributed by atoms with E-state index >= 15 is 0 Å². The molecular formula is C13H22O2. The Kier molecular flexibility index (Phi) is 7.69. The smallest absolute Gasteiger partial charge is 0.337 e. The molecule has 0 N–H and O–H groups in total. The summed E-state index contributed by atoms with van der Waals surface area (Å²) in [6, 6.07) is 0. The van der Waals surface area contributed by atoms with E-state index in [2.05, 4.69) is 13.5 Å². The highest BCUT2D eigenvalue weighted by atomic mass is 16.5. The Balaban J connectivity index is 3.70. The zero-order chi connectivity index (χ0) is 11.7. The van der Waals surface area contributed by atoms with Crippen LogP contribution in [-0.2, 0) is 9.53 Å². The van der Waals surface area contributed by atoms with Crippen LogP contribution in [0.5, 0.6) is 0 Å². The van der Waals surface area contributed by atoms with Crippen molar-refractivity contribution in [2.24, 2.45) is 0 Å². The quantitative estimate of drug-likeness (QED) is 0.277. The fourth-order valence-corrected chi connectivity index (χ4v) is 1.12. The molecule has 86 valence electrons. The van der Waals surface area contributed by atoms with Crippen LogP contribution in [-0.4, -0.2) is 12.6 Å². The van der Waals surface area contributed by atoms with Crippen LogP contribution in [0, 0.1) is 0 Å². The molecule has 0 aliphatic carbocycles. The van der Waals surface area contributed by atoms with Crippen LogP contribution in [0.25, 0.3) is 0 Å². The number of carbonyl (C=O) groups excluding carboxylic acids is 1. The van der Waals surface area contributed by atoms with Crippen molar-refractivity contribution in [3.63, 3.8) is 0 Å². The molecule has 2 nitrogen and oxygen atoms in total. The molecule has 0 amide bonds. The van der Waals surface area contributed by atoms with Crippen LogP contribution >= 0.6 is 0 Å². The number of rotatable bonds is 7. The summed E-state index contributed by atoms with van der Waals surface area (Å²) in [4.78, 5) is 11.4. The van der Waals surface area contributed by atoms with Gasteiger partial charge in [0.05, 0.1) is 12.2 Å². The summed E-state index contributed by atoms with van der Waals surface area (Å²) >= 11 is 0. The van der Waals surface area contributed by atoms with Gasteiger partial charge in [-0.25, -0.2) is 4.79 Å². The molecule has 0 aliphatic rings. The molecular weight excluding hydrogens is 188 g/mol. The van der Waals surface area contributed by atoms with Gasteiger partial charge < -0.3 is 4.74 Å². The second-order valence-corrected chi connectivity index (χ2v) is 3.65. The maximum atomic E-state index is 11.4. The first-order valence-electron chi connectivity index (χ1n) is 5.62. The lowest BCUT2D eigenvalue weighted by Gasteiger charge is -2.06. The molecule has 0 fully saturated rings. The van der Waals surface area contributed by atoms with Gasteiger partial charge in [0.25, 0.3) is 0 Å². The van der Waals surface area contributed by atoms with Gasteiger partial charge in [0.1, 0.15) is 0 Å². The van der Waals surface area contributed by atoms with Crippen molar-refractivity contribution in [3.8, 4) is 0 Å². The summed E-state index contributed by atoms with van der Waals surface area (Å²) in [5.74, 6) is -0.290. The average Bonchev–Trinajstić information content (AvgIpc) is 2.26. The summed E-state index contributed by atoms with van der Waals surface area (Å²) in [7, 11) is 0. The molecule has 0 aliphatic heterocycles. The number of carbonyl (C=O) groups is 1. The van der Waals surface area contributed by atoms with Gasteiger partial charge in [0.15, 0.2) is 0 Å². The van der Waals surface area contributed by atoms with Crippen molar-refractivity contribution in [3.05, 3.63) is 23.8 Å². The summed E-state index contributed by atoms with van der Waals surface area (Å²) < 4.78 is 5.09.